The minimum atomic E-state index is 0.605. The van der Waals surface area contributed by atoms with E-state index in [0.29, 0.717) is 10.7 Å². The molecule has 0 saturated carbocycles. The Morgan fingerprint density at radius 3 is 2.81 bits per heavy atom. The maximum Gasteiger partial charge on any atom is 0.0739 e. The van der Waals surface area contributed by atoms with Crippen LogP contribution in [0.4, 0.5) is 17.1 Å². The minimum absolute atomic E-state index is 0.605. The third-order valence-electron chi connectivity index (χ3n) is 2.05. The zero-order chi connectivity index (χ0) is 11.5. The van der Waals surface area contributed by atoms with Crippen molar-refractivity contribution in [3.05, 3.63) is 46.2 Å². The lowest BCUT2D eigenvalue weighted by Crippen LogP contribution is -1.96. The van der Waals surface area contributed by atoms with Crippen molar-refractivity contribution in [2.45, 2.75) is 0 Å². The van der Waals surface area contributed by atoms with Crippen LogP contribution in [-0.2, 0) is 0 Å². The molecule has 2 rings (SSSR count). The lowest BCUT2D eigenvalue weighted by molar-refractivity contribution is 1.33. The van der Waals surface area contributed by atoms with Gasteiger partial charge in [-0.2, -0.15) is 0 Å². The smallest absolute Gasteiger partial charge is 0.0739 e. The topological polar surface area (TPSA) is 50.9 Å². The van der Waals surface area contributed by atoms with Gasteiger partial charge in [0.05, 0.1) is 22.6 Å². The maximum absolute atomic E-state index is 5.91. The summed E-state index contributed by atoms with van der Waals surface area (Å²) in [6.07, 6.45) is 3.29. The molecular weight excluding hydrogens is 289 g/mol. The Kier molecular flexibility index (Phi) is 3.31. The van der Waals surface area contributed by atoms with Gasteiger partial charge < -0.3 is 11.1 Å². The van der Waals surface area contributed by atoms with Crippen molar-refractivity contribution in [2.75, 3.05) is 11.1 Å². The molecule has 2 aromatic rings. The molecule has 0 aliphatic heterocycles. The van der Waals surface area contributed by atoms with Crippen molar-refractivity contribution in [1.82, 2.24) is 4.98 Å². The van der Waals surface area contributed by atoms with E-state index < -0.39 is 0 Å². The Morgan fingerprint density at radius 2 is 2.12 bits per heavy atom. The highest BCUT2D eigenvalue weighted by Crippen LogP contribution is 2.28. The fourth-order valence-electron chi connectivity index (χ4n) is 1.25. The van der Waals surface area contributed by atoms with Crippen LogP contribution in [-0.4, -0.2) is 4.98 Å². The molecule has 0 radical (unpaired) electrons. The summed E-state index contributed by atoms with van der Waals surface area (Å²) in [5.41, 5.74) is 8.11. The average Bonchev–Trinajstić information content (AvgIpc) is 2.27. The predicted molar refractivity (Wildman–Crippen MR) is 71.1 cm³/mol. The van der Waals surface area contributed by atoms with Gasteiger partial charge in [0.15, 0.2) is 0 Å². The Labute approximate surface area is 107 Å². The Balaban J connectivity index is 2.28. The molecule has 16 heavy (non-hydrogen) atoms. The summed E-state index contributed by atoms with van der Waals surface area (Å²) in [6.45, 7) is 0. The molecule has 0 bridgehead atoms. The molecule has 0 fully saturated rings. The Morgan fingerprint density at radius 1 is 1.31 bits per heavy atom. The molecule has 0 spiro atoms. The molecule has 0 amide bonds. The van der Waals surface area contributed by atoms with Crippen LogP contribution < -0.4 is 11.1 Å². The van der Waals surface area contributed by atoms with Gasteiger partial charge in [-0.15, -0.1) is 0 Å². The quantitative estimate of drug-likeness (QED) is 0.886. The average molecular weight is 299 g/mol. The highest BCUT2D eigenvalue weighted by atomic mass is 79.9. The third-order valence-corrected chi connectivity index (χ3v) is 3.26. The first kappa shape index (κ1) is 11.2. The first-order valence-electron chi connectivity index (χ1n) is 4.58. The number of aromatic nitrogens is 1. The number of pyridine rings is 1. The molecule has 0 saturated heterocycles. The third kappa shape index (κ3) is 2.46. The second-order valence-electron chi connectivity index (χ2n) is 3.22. The summed E-state index contributed by atoms with van der Waals surface area (Å²) >= 11 is 9.27. The Hall–Kier alpha value is -1.26. The number of nitrogen functional groups attached to an aromatic ring is 1. The van der Waals surface area contributed by atoms with Crippen LogP contribution in [0.15, 0.2) is 41.1 Å². The van der Waals surface area contributed by atoms with Gasteiger partial charge in [0.1, 0.15) is 0 Å². The summed E-state index contributed by atoms with van der Waals surface area (Å²) < 4.78 is 0.840. The first-order chi connectivity index (χ1) is 7.66. The van der Waals surface area contributed by atoms with E-state index in [9.17, 15) is 0 Å². The van der Waals surface area contributed by atoms with Gasteiger partial charge >= 0.3 is 0 Å². The van der Waals surface area contributed by atoms with E-state index in [1.54, 1.807) is 12.4 Å². The summed E-state index contributed by atoms with van der Waals surface area (Å²) in [6, 6.07) is 7.40. The second-order valence-corrected chi connectivity index (χ2v) is 4.48. The molecule has 0 atom stereocenters. The van der Waals surface area contributed by atoms with Crippen LogP contribution in [0.3, 0.4) is 0 Å². The van der Waals surface area contributed by atoms with E-state index in [4.69, 9.17) is 17.3 Å². The second kappa shape index (κ2) is 4.72. The number of hydrogen-bond acceptors (Lipinski definition) is 3. The summed E-state index contributed by atoms with van der Waals surface area (Å²) in [5.74, 6) is 0. The van der Waals surface area contributed by atoms with E-state index in [1.165, 1.54) is 0 Å². The Bertz CT molecular complexity index is 516. The lowest BCUT2D eigenvalue weighted by atomic mass is 10.3. The highest BCUT2D eigenvalue weighted by molar-refractivity contribution is 9.10. The zero-order valence-electron chi connectivity index (χ0n) is 8.24. The van der Waals surface area contributed by atoms with Gasteiger partial charge in [-0.05, 0) is 40.2 Å². The number of nitrogens with two attached hydrogens (primary N) is 1. The summed E-state index contributed by atoms with van der Waals surface area (Å²) in [5, 5.41) is 3.86. The van der Waals surface area contributed by atoms with Gasteiger partial charge in [0, 0.05) is 16.4 Å². The fraction of sp³-hybridized carbons (Fsp3) is 0. The molecule has 0 aliphatic carbocycles. The van der Waals surface area contributed by atoms with E-state index in [2.05, 4.69) is 26.2 Å². The van der Waals surface area contributed by atoms with Crippen LogP contribution in [0.2, 0.25) is 5.02 Å². The van der Waals surface area contributed by atoms with Crippen LogP contribution >= 0.6 is 27.5 Å². The largest absolute Gasteiger partial charge is 0.396 e. The lowest BCUT2D eigenvalue weighted by Gasteiger charge is -2.09. The van der Waals surface area contributed by atoms with Crippen molar-refractivity contribution in [3.63, 3.8) is 0 Å². The predicted octanol–water partition coefficient (Wildman–Crippen LogP) is 3.82. The van der Waals surface area contributed by atoms with Gasteiger partial charge in [0.25, 0.3) is 0 Å². The summed E-state index contributed by atoms with van der Waals surface area (Å²) in [4.78, 5) is 3.92. The van der Waals surface area contributed by atoms with E-state index in [1.807, 2.05) is 24.3 Å². The SMILES string of the molecule is Nc1cnccc1Nc1ccc(Cl)c(Br)c1. The van der Waals surface area contributed by atoms with E-state index in [-0.39, 0.29) is 0 Å². The van der Waals surface area contributed by atoms with Crippen LogP contribution in [0.1, 0.15) is 0 Å². The number of hydrogen-bond donors (Lipinski definition) is 2. The standard InChI is InChI=1S/C11H9BrClN3/c12-8-5-7(1-2-9(8)13)16-11-3-4-15-6-10(11)14/h1-6H,14H2,(H,15,16). The number of halogens is 2. The molecule has 0 unspecified atom stereocenters. The van der Waals surface area contributed by atoms with Crippen molar-refractivity contribution in [2.24, 2.45) is 0 Å². The molecule has 1 heterocycles. The molecule has 1 aromatic carbocycles. The zero-order valence-corrected chi connectivity index (χ0v) is 10.6. The molecule has 0 aliphatic rings. The van der Waals surface area contributed by atoms with Gasteiger partial charge in [-0.1, -0.05) is 11.6 Å². The molecular formula is C11H9BrClN3. The van der Waals surface area contributed by atoms with Crippen LogP contribution in [0, 0.1) is 0 Å². The maximum atomic E-state index is 5.91. The normalized spacial score (nSPS) is 10.1. The number of nitrogens with one attached hydrogen (secondary N) is 1. The number of benzene rings is 1. The first-order valence-corrected chi connectivity index (χ1v) is 5.75. The van der Waals surface area contributed by atoms with Gasteiger partial charge in [-0.3, -0.25) is 4.98 Å². The highest BCUT2D eigenvalue weighted by Gasteiger charge is 2.01. The minimum Gasteiger partial charge on any atom is -0.396 e. The monoisotopic (exact) mass is 297 g/mol. The fourth-order valence-corrected chi connectivity index (χ4v) is 1.75. The molecule has 1 aromatic heterocycles. The number of anilines is 3. The molecule has 82 valence electrons. The molecule has 5 heteroatoms. The van der Waals surface area contributed by atoms with Crippen molar-refractivity contribution >= 4 is 44.6 Å². The van der Waals surface area contributed by atoms with Gasteiger partial charge in [0.2, 0.25) is 0 Å². The number of rotatable bonds is 2. The van der Waals surface area contributed by atoms with Crippen LogP contribution in [0.25, 0.3) is 0 Å². The number of nitrogens with zero attached hydrogens (tertiary/aromatic N) is 1. The van der Waals surface area contributed by atoms with Gasteiger partial charge in [-0.25, -0.2) is 0 Å². The van der Waals surface area contributed by atoms with E-state index in [0.717, 1.165) is 15.8 Å². The summed E-state index contributed by atoms with van der Waals surface area (Å²) in [7, 11) is 0. The van der Waals surface area contributed by atoms with Crippen molar-refractivity contribution in [3.8, 4) is 0 Å². The van der Waals surface area contributed by atoms with Crippen molar-refractivity contribution in [1.29, 1.82) is 0 Å². The van der Waals surface area contributed by atoms with Crippen LogP contribution in [0.5, 0.6) is 0 Å². The molecule has 3 N–H and O–H groups in total. The molecule has 3 nitrogen and oxygen atoms in total. The van der Waals surface area contributed by atoms with E-state index >= 15 is 0 Å². The van der Waals surface area contributed by atoms with Crippen molar-refractivity contribution < 1.29 is 0 Å².